The minimum atomic E-state index is -0.842. The van der Waals surface area contributed by atoms with E-state index in [1.165, 1.54) is 0 Å². The Hall–Kier alpha value is -0.750. The summed E-state index contributed by atoms with van der Waals surface area (Å²) in [6, 6.07) is -0.936. The normalized spacial score (nSPS) is 22.8. The van der Waals surface area contributed by atoms with Gasteiger partial charge in [-0.05, 0) is 12.8 Å². The molecule has 18 heavy (non-hydrogen) atoms. The molecule has 0 radical (unpaired) electrons. The van der Waals surface area contributed by atoms with E-state index < -0.39 is 12.0 Å². The molecule has 0 spiro atoms. The quantitative estimate of drug-likeness (QED) is 0.770. The molecule has 2 atom stereocenters. The van der Waals surface area contributed by atoms with Gasteiger partial charge in [0.25, 0.3) is 0 Å². The van der Waals surface area contributed by atoms with E-state index in [2.05, 4.69) is 5.32 Å². The van der Waals surface area contributed by atoms with Crippen LogP contribution in [0.25, 0.3) is 0 Å². The summed E-state index contributed by atoms with van der Waals surface area (Å²) >= 11 is 1.63. The second kappa shape index (κ2) is 6.99. The highest BCUT2D eigenvalue weighted by atomic mass is 32.2. The van der Waals surface area contributed by atoms with E-state index in [0.717, 1.165) is 5.75 Å². The molecule has 2 N–H and O–H groups in total. The second-order valence-corrected chi connectivity index (χ2v) is 6.13. The molecule has 1 fully saturated rings. The van der Waals surface area contributed by atoms with Crippen molar-refractivity contribution in [2.45, 2.75) is 32.9 Å². The average Bonchev–Trinajstić information content (AvgIpc) is 2.34. The number of thioether (sulfide) groups is 1. The first-order valence-electron chi connectivity index (χ1n) is 6.27. The molecule has 0 saturated carbocycles. The van der Waals surface area contributed by atoms with E-state index in [9.17, 15) is 14.7 Å². The number of carbonyl (C=O) groups is 2. The van der Waals surface area contributed by atoms with Crippen LogP contribution in [0, 0.1) is 5.92 Å². The summed E-state index contributed by atoms with van der Waals surface area (Å²) in [5.74, 6) is 0.906. The van der Waals surface area contributed by atoms with E-state index in [4.69, 9.17) is 0 Å². The van der Waals surface area contributed by atoms with Crippen LogP contribution in [0.3, 0.4) is 0 Å². The molecule has 104 valence electrons. The maximum Gasteiger partial charge on any atom is 0.321 e. The SMILES string of the molecule is CC(C)CNC(=O)C(C)N1CCSCC1C(=O)O. The van der Waals surface area contributed by atoms with Gasteiger partial charge >= 0.3 is 5.97 Å². The molecule has 0 aromatic heterocycles. The fourth-order valence-electron chi connectivity index (χ4n) is 1.90. The number of aliphatic carboxylic acids is 1. The fourth-order valence-corrected chi connectivity index (χ4v) is 2.96. The highest BCUT2D eigenvalue weighted by Gasteiger charge is 2.34. The van der Waals surface area contributed by atoms with Gasteiger partial charge in [-0.15, -0.1) is 0 Å². The molecule has 0 aromatic rings. The van der Waals surface area contributed by atoms with Gasteiger partial charge in [-0.3, -0.25) is 14.5 Å². The van der Waals surface area contributed by atoms with Gasteiger partial charge in [-0.2, -0.15) is 11.8 Å². The van der Waals surface area contributed by atoms with E-state index in [-0.39, 0.29) is 11.9 Å². The van der Waals surface area contributed by atoms with Gasteiger partial charge in [0.15, 0.2) is 0 Å². The third kappa shape index (κ3) is 4.17. The van der Waals surface area contributed by atoms with Crippen molar-refractivity contribution in [3.05, 3.63) is 0 Å². The molecule has 1 heterocycles. The third-order valence-corrected chi connectivity index (χ3v) is 4.04. The van der Waals surface area contributed by atoms with E-state index in [1.54, 1.807) is 23.6 Å². The van der Waals surface area contributed by atoms with Crippen molar-refractivity contribution < 1.29 is 14.7 Å². The van der Waals surface area contributed by atoms with Gasteiger partial charge in [0, 0.05) is 24.6 Å². The smallest absolute Gasteiger partial charge is 0.321 e. The number of hydrogen-bond acceptors (Lipinski definition) is 4. The largest absolute Gasteiger partial charge is 0.480 e. The number of amides is 1. The summed E-state index contributed by atoms with van der Waals surface area (Å²) in [6.07, 6.45) is 0. The van der Waals surface area contributed by atoms with Crippen molar-refractivity contribution in [3.8, 4) is 0 Å². The number of carboxylic acid groups (broad SMARTS) is 1. The van der Waals surface area contributed by atoms with Crippen LogP contribution in [0.2, 0.25) is 0 Å². The predicted octanol–water partition coefficient (Wildman–Crippen LogP) is 0.649. The lowest BCUT2D eigenvalue weighted by atomic mass is 10.1. The van der Waals surface area contributed by atoms with Crippen LogP contribution in [-0.4, -0.2) is 58.6 Å². The van der Waals surface area contributed by atoms with Crippen LogP contribution in [0.4, 0.5) is 0 Å². The lowest BCUT2D eigenvalue weighted by molar-refractivity contribution is -0.144. The first kappa shape index (κ1) is 15.3. The molecular weight excluding hydrogens is 252 g/mol. The monoisotopic (exact) mass is 274 g/mol. The summed E-state index contributed by atoms with van der Waals surface area (Å²) < 4.78 is 0. The summed E-state index contributed by atoms with van der Waals surface area (Å²) in [7, 11) is 0. The molecule has 5 nitrogen and oxygen atoms in total. The van der Waals surface area contributed by atoms with Gasteiger partial charge < -0.3 is 10.4 Å². The van der Waals surface area contributed by atoms with Crippen LogP contribution < -0.4 is 5.32 Å². The first-order chi connectivity index (χ1) is 8.43. The highest BCUT2D eigenvalue weighted by Crippen LogP contribution is 2.19. The maximum atomic E-state index is 12.0. The van der Waals surface area contributed by atoms with E-state index in [1.807, 2.05) is 13.8 Å². The van der Waals surface area contributed by atoms with Gasteiger partial charge in [-0.1, -0.05) is 13.8 Å². The molecule has 0 aromatic carbocycles. The molecule has 1 amide bonds. The zero-order valence-electron chi connectivity index (χ0n) is 11.2. The lowest BCUT2D eigenvalue weighted by Crippen LogP contribution is -2.56. The standard InChI is InChI=1S/C12H22N2O3S/c1-8(2)6-13-11(15)9(3)14-4-5-18-7-10(14)12(16)17/h8-10H,4-7H2,1-3H3,(H,13,15)(H,16,17). The molecule has 6 heteroatoms. The van der Waals surface area contributed by atoms with Crippen molar-refractivity contribution in [1.82, 2.24) is 10.2 Å². The van der Waals surface area contributed by atoms with Crippen LogP contribution in [0.15, 0.2) is 0 Å². The predicted molar refractivity (Wildman–Crippen MR) is 72.8 cm³/mol. The Balaban J connectivity index is 2.59. The minimum absolute atomic E-state index is 0.0816. The maximum absolute atomic E-state index is 12.0. The van der Waals surface area contributed by atoms with Crippen LogP contribution in [-0.2, 0) is 9.59 Å². The molecule has 0 aliphatic carbocycles. The van der Waals surface area contributed by atoms with Crippen molar-refractivity contribution in [3.63, 3.8) is 0 Å². The lowest BCUT2D eigenvalue weighted by Gasteiger charge is -2.36. The number of nitrogens with one attached hydrogen (secondary N) is 1. The summed E-state index contributed by atoms with van der Waals surface area (Å²) in [6.45, 7) is 7.12. The van der Waals surface area contributed by atoms with Crippen molar-refractivity contribution in [2.24, 2.45) is 5.92 Å². The fraction of sp³-hybridized carbons (Fsp3) is 0.833. The Labute approximate surface area is 112 Å². The summed E-state index contributed by atoms with van der Waals surface area (Å²) in [4.78, 5) is 24.9. The number of nitrogens with zero attached hydrogens (tertiary/aromatic N) is 1. The Morgan fingerprint density at radius 3 is 2.67 bits per heavy atom. The number of carboxylic acids is 1. The topological polar surface area (TPSA) is 69.6 Å². The van der Waals surface area contributed by atoms with Crippen LogP contribution in [0.1, 0.15) is 20.8 Å². The van der Waals surface area contributed by atoms with Crippen LogP contribution >= 0.6 is 11.8 Å². The molecule has 1 aliphatic heterocycles. The highest BCUT2D eigenvalue weighted by molar-refractivity contribution is 7.99. The van der Waals surface area contributed by atoms with E-state index >= 15 is 0 Å². The van der Waals surface area contributed by atoms with Crippen LogP contribution in [0.5, 0.6) is 0 Å². The molecular formula is C12H22N2O3S. The van der Waals surface area contributed by atoms with Crippen molar-refractivity contribution in [1.29, 1.82) is 0 Å². The Morgan fingerprint density at radius 1 is 1.44 bits per heavy atom. The minimum Gasteiger partial charge on any atom is -0.480 e. The van der Waals surface area contributed by atoms with Gasteiger partial charge in [0.2, 0.25) is 5.91 Å². The molecule has 0 bridgehead atoms. The number of carbonyl (C=O) groups excluding carboxylic acids is 1. The third-order valence-electron chi connectivity index (χ3n) is 3.02. The zero-order valence-corrected chi connectivity index (χ0v) is 12.0. The van der Waals surface area contributed by atoms with E-state index in [0.29, 0.717) is 24.8 Å². The molecule has 2 unspecified atom stereocenters. The zero-order chi connectivity index (χ0) is 13.7. The Morgan fingerprint density at radius 2 is 2.11 bits per heavy atom. The van der Waals surface area contributed by atoms with Crippen molar-refractivity contribution in [2.75, 3.05) is 24.6 Å². The average molecular weight is 274 g/mol. The van der Waals surface area contributed by atoms with Gasteiger partial charge in [-0.25, -0.2) is 0 Å². The van der Waals surface area contributed by atoms with Gasteiger partial charge in [0.05, 0.1) is 6.04 Å². The Kier molecular flexibility index (Phi) is 5.95. The Bertz CT molecular complexity index is 310. The number of hydrogen-bond donors (Lipinski definition) is 2. The second-order valence-electron chi connectivity index (χ2n) is 4.98. The molecule has 1 saturated heterocycles. The van der Waals surface area contributed by atoms with Crippen molar-refractivity contribution >= 4 is 23.6 Å². The molecule has 1 aliphatic rings. The van der Waals surface area contributed by atoms with Gasteiger partial charge in [0.1, 0.15) is 6.04 Å². The summed E-state index contributed by atoms with van der Waals surface area (Å²) in [5, 5.41) is 12.0. The molecule has 1 rings (SSSR count). The summed E-state index contributed by atoms with van der Waals surface area (Å²) in [5.41, 5.74) is 0. The first-order valence-corrected chi connectivity index (χ1v) is 7.43. The number of rotatable bonds is 5.